The van der Waals surface area contributed by atoms with E-state index in [1.807, 2.05) is 14.0 Å². The van der Waals surface area contributed by atoms with E-state index in [1.54, 1.807) is 16.0 Å². The van der Waals surface area contributed by atoms with Crippen LogP contribution in [0, 0.1) is 0 Å². The molecule has 0 radical (unpaired) electrons. The molecule has 0 saturated carbocycles. The van der Waals surface area contributed by atoms with E-state index in [4.69, 9.17) is 0 Å². The van der Waals surface area contributed by atoms with Gasteiger partial charge in [-0.2, -0.15) is 0 Å². The van der Waals surface area contributed by atoms with E-state index in [0.29, 0.717) is 0 Å². The van der Waals surface area contributed by atoms with E-state index in [-0.39, 0.29) is 12.2 Å². The Bertz CT molecular complexity index is 193. The molecule has 1 aliphatic rings. The predicted octanol–water partition coefficient (Wildman–Crippen LogP) is 0.433. The summed E-state index contributed by atoms with van der Waals surface area (Å²) in [7, 11) is 1.84. The van der Waals surface area contributed by atoms with Crippen LogP contribution in [-0.2, 0) is 0 Å². The molecule has 1 rings (SSSR count). The molecular formula is C8H15N3O. The SMILES string of the molecule is C=CN1CCN(C(C)NC)C1=O. The third-order valence-electron chi connectivity index (χ3n) is 2.18. The summed E-state index contributed by atoms with van der Waals surface area (Å²) in [5, 5.41) is 3.03. The molecule has 0 aromatic heterocycles. The van der Waals surface area contributed by atoms with Gasteiger partial charge in [-0.3, -0.25) is 4.90 Å². The number of hydrogen-bond acceptors (Lipinski definition) is 2. The Morgan fingerprint density at radius 1 is 1.67 bits per heavy atom. The average Bonchev–Trinajstić information content (AvgIpc) is 2.45. The first-order valence-corrected chi connectivity index (χ1v) is 4.07. The van der Waals surface area contributed by atoms with Crippen LogP contribution in [0.5, 0.6) is 0 Å². The van der Waals surface area contributed by atoms with Crippen LogP contribution in [0.1, 0.15) is 6.92 Å². The number of urea groups is 1. The number of rotatable bonds is 3. The lowest BCUT2D eigenvalue weighted by molar-refractivity contribution is 0.182. The van der Waals surface area contributed by atoms with Gasteiger partial charge in [0.15, 0.2) is 0 Å². The van der Waals surface area contributed by atoms with Crippen molar-refractivity contribution in [3.05, 3.63) is 12.8 Å². The Balaban J connectivity index is 2.60. The molecule has 1 fully saturated rings. The van der Waals surface area contributed by atoms with Crippen molar-refractivity contribution in [3.8, 4) is 0 Å². The zero-order valence-electron chi connectivity index (χ0n) is 7.58. The second-order valence-electron chi connectivity index (χ2n) is 2.82. The van der Waals surface area contributed by atoms with Crippen molar-refractivity contribution in [3.63, 3.8) is 0 Å². The molecule has 1 atom stereocenters. The number of hydrogen-bond donors (Lipinski definition) is 1. The quantitative estimate of drug-likeness (QED) is 0.665. The number of nitrogens with zero attached hydrogens (tertiary/aromatic N) is 2. The Kier molecular flexibility index (Phi) is 2.70. The van der Waals surface area contributed by atoms with Crippen molar-refractivity contribution in [1.29, 1.82) is 0 Å². The molecule has 1 unspecified atom stereocenters. The summed E-state index contributed by atoms with van der Waals surface area (Å²) in [5.74, 6) is 0. The fourth-order valence-electron chi connectivity index (χ4n) is 1.26. The Morgan fingerprint density at radius 2 is 2.33 bits per heavy atom. The van der Waals surface area contributed by atoms with Crippen LogP contribution in [0.3, 0.4) is 0 Å². The second-order valence-corrected chi connectivity index (χ2v) is 2.82. The largest absolute Gasteiger partial charge is 0.325 e. The standard InChI is InChI=1S/C8H15N3O/c1-4-10-5-6-11(8(10)12)7(2)9-3/h4,7,9H,1,5-6H2,2-3H3. The number of carbonyl (C=O) groups excluding carboxylic acids is 1. The van der Waals surface area contributed by atoms with Crippen molar-refractivity contribution < 1.29 is 4.79 Å². The van der Waals surface area contributed by atoms with E-state index in [0.717, 1.165) is 13.1 Å². The summed E-state index contributed by atoms with van der Waals surface area (Å²) in [6, 6.07) is 0.0341. The van der Waals surface area contributed by atoms with Crippen LogP contribution in [0.2, 0.25) is 0 Å². The van der Waals surface area contributed by atoms with Crippen LogP contribution in [0.4, 0.5) is 4.79 Å². The fourth-order valence-corrected chi connectivity index (χ4v) is 1.26. The van der Waals surface area contributed by atoms with Gasteiger partial charge in [-0.05, 0) is 14.0 Å². The summed E-state index contributed by atoms with van der Waals surface area (Å²) in [4.78, 5) is 14.9. The van der Waals surface area contributed by atoms with Crippen LogP contribution in [0.15, 0.2) is 12.8 Å². The van der Waals surface area contributed by atoms with E-state index in [1.165, 1.54) is 0 Å². The van der Waals surface area contributed by atoms with Gasteiger partial charge >= 0.3 is 6.03 Å². The number of carbonyl (C=O) groups is 1. The van der Waals surface area contributed by atoms with Crippen molar-refractivity contribution >= 4 is 6.03 Å². The molecule has 4 heteroatoms. The lowest BCUT2D eigenvalue weighted by Gasteiger charge is -2.23. The molecule has 1 N–H and O–H groups in total. The van der Waals surface area contributed by atoms with E-state index < -0.39 is 0 Å². The minimum absolute atomic E-state index is 0.0341. The average molecular weight is 169 g/mol. The highest BCUT2D eigenvalue weighted by molar-refractivity contribution is 5.77. The highest BCUT2D eigenvalue weighted by Crippen LogP contribution is 2.10. The van der Waals surface area contributed by atoms with Gasteiger partial charge in [0.25, 0.3) is 0 Å². The van der Waals surface area contributed by atoms with Crippen LogP contribution in [0.25, 0.3) is 0 Å². The number of amides is 2. The molecule has 0 aliphatic carbocycles. The molecule has 4 nitrogen and oxygen atoms in total. The second kappa shape index (κ2) is 3.58. The third-order valence-corrected chi connectivity index (χ3v) is 2.18. The number of nitrogens with one attached hydrogen (secondary N) is 1. The molecule has 12 heavy (non-hydrogen) atoms. The van der Waals surface area contributed by atoms with Crippen molar-refractivity contribution in [1.82, 2.24) is 15.1 Å². The fraction of sp³-hybridized carbons (Fsp3) is 0.625. The predicted molar refractivity (Wildman–Crippen MR) is 47.5 cm³/mol. The van der Waals surface area contributed by atoms with Crippen molar-refractivity contribution in [2.45, 2.75) is 13.1 Å². The molecule has 1 heterocycles. The third kappa shape index (κ3) is 1.43. The summed E-state index contributed by atoms with van der Waals surface area (Å²) in [6.07, 6.45) is 1.67. The van der Waals surface area contributed by atoms with E-state index in [2.05, 4.69) is 11.9 Å². The molecule has 2 amide bonds. The van der Waals surface area contributed by atoms with Gasteiger partial charge < -0.3 is 10.2 Å². The minimum atomic E-state index is 0.0341. The Hall–Kier alpha value is -1.03. The van der Waals surface area contributed by atoms with Gasteiger partial charge in [0, 0.05) is 19.3 Å². The van der Waals surface area contributed by atoms with Crippen molar-refractivity contribution in [2.24, 2.45) is 0 Å². The van der Waals surface area contributed by atoms with Crippen LogP contribution < -0.4 is 5.32 Å². The lowest BCUT2D eigenvalue weighted by atomic mass is 10.5. The highest BCUT2D eigenvalue weighted by atomic mass is 16.2. The molecule has 0 spiro atoms. The molecule has 0 bridgehead atoms. The van der Waals surface area contributed by atoms with Gasteiger partial charge in [-0.15, -0.1) is 0 Å². The zero-order valence-corrected chi connectivity index (χ0v) is 7.58. The molecular weight excluding hydrogens is 154 g/mol. The summed E-state index contributed by atoms with van der Waals surface area (Å²) >= 11 is 0. The maximum atomic E-state index is 11.5. The molecule has 68 valence electrons. The zero-order chi connectivity index (χ0) is 9.14. The normalized spacial score (nSPS) is 20.0. The van der Waals surface area contributed by atoms with Gasteiger partial charge in [0.05, 0.1) is 6.17 Å². The Labute approximate surface area is 72.8 Å². The lowest BCUT2D eigenvalue weighted by Crippen LogP contribution is -2.43. The summed E-state index contributed by atoms with van der Waals surface area (Å²) in [6.45, 7) is 7.05. The minimum Gasteiger partial charge on any atom is -0.307 e. The van der Waals surface area contributed by atoms with Gasteiger partial charge in [0.1, 0.15) is 0 Å². The first-order valence-electron chi connectivity index (χ1n) is 4.07. The van der Waals surface area contributed by atoms with Gasteiger partial charge in [-0.25, -0.2) is 4.79 Å². The first kappa shape index (κ1) is 9.06. The summed E-state index contributed by atoms with van der Waals surface area (Å²) < 4.78 is 0. The maximum Gasteiger partial charge on any atom is 0.325 e. The van der Waals surface area contributed by atoms with Crippen LogP contribution in [-0.4, -0.2) is 42.1 Å². The highest BCUT2D eigenvalue weighted by Gasteiger charge is 2.29. The maximum absolute atomic E-state index is 11.5. The first-order chi connectivity index (χ1) is 5.70. The topological polar surface area (TPSA) is 35.6 Å². The van der Waals surface area contributed by atoms with Crippen LogP contribution >= 0.6 is 0 Å². The Morgan fingerprint density at radius 3 is 2.75 bits per heavy atom. The smallest absolute Gasteiger partial charge is 0.307 e. The van der Waals surface area contributed by atoms with E-state index >= 15 is 0 Å². The van der Waals surface area contributed by atoms with E-state index in [9.17, 15) is 4.79 Å². The monoisotopic (exact) mass is 169 g/mol. The molecule has 0 aromatic rings. The van der Waals surface area contributed by atoms with Crippen molar-refractivity contribution in [2.75, 3.05) is 20.1 Å². The molecule has 0 aromatic carbocycles. The molecule has 1 saturated heterocycles. The summed E-state index contributed by atoms with van der Waals surface area (Å²) in [5.41, 5.74) is 0. The van der Waals surface area contributed by atoms with Gasteiger partial charge in [0.2, 0.25) is 0 Å². The van der Waals surface area contributed by atoms with Gasteiger partial charge in [-0.1, -0.05) is 6.58 Å². The molecule has 1 aliphatic heterocycles.